The van der Waals surface area contributed by atoms with E-state index in [4.69, 9.17) is 16.5 Å². The number of nitrogens with one attached hydrogen (secondary N) is 1. The Kier molecular flexibility index (Phi) is 7.05. The molecule has 1 aliphatic rings. The molecule has 0 atom stereocenters. The maximum absolute atomic E-state index is 12.4. The molecule has 1 saturated carbocycles. The van der Waals surface area contributed by atoms with Gasteiger partial charge in [0.2, 0.25) is 0 Å². The summed E-state index contributed by atoms with van der Waals surface area (Å²) < 4.78 is 0.934. The predicted molar refractivity (Wildman–Crippen MR) is 140 cm³/mol. The monoisotopic (exact) mass is 510 g/mol. The summed E-state index contributed by atoms with van der Waals surface area (Å²) >= 11 is 3.48. The Morgan fingerprint density at radius 1 is 1.09 bits per heavy atom. The number of urea groups is 1. The second-order valence-electron chi connectivity index (χ2n) is 8.77. The molecule has 0 unspecified atom stereocenters. The van der Waals surface area contributed by atoms with Gasteiger partial charge in [0.05, 0.1) is 11.2 Å². The van der Waals surface area contributed by atoms with Crippen LogP contribution in [-0.2, 0) is 6.54 Å². The molecule has 33 heavy (non-hydrogen) atoms. The molecule has 5 N–H and O–H groups in total. The third-order valence-corrected chi connectivity index (χ3v) is 6.84. The van der Waals surface area contributed by atoms with Gasteiger partial charge in [-0.1, -0.05) is 34.1 Å². The molecule has 8 heteroatoms. The smallest absolute Gasteiger partial charge is 0.319 e. The minimum atomic E-state index is -0.435. The molecule has 0 saturated heterocycles. The number of benzene rings is 2. The van der Waals surface area contributed by atoms with Gasteiger partial charge in [-0.25, -0.2) is 9.78 Å². The van der Waals surface area contributed by atoms with E-state index < -0.39 is 6.03 Å². The molecule has 174 valence electrons. The number of hydrogen-bond donors (Lipinski definition) is 3. The van der Waals surface area contributed by atoms with Gasteiger partial charge in [-0.3, -0.25) is 4.90 Å². The summed E-state index contributed by atoms with van der Waals surface area (Å²) in [6, 6.07) is 16.0. The number of fused-ring (bicyclic) bond motifs is 1. The highest BCUT2D eigenvalue weighted by molar-refractivity contribution is 9.10. The molecule has 1 aromatic heterocycles. The lowest BCUT2D eigenvalue weighted by atomic mass is 9.89. The van der Waals surface area contributed by atoms with Crippen LogP contribution < -0.4 is 26.6 Å². The molecule has 0 spiro atoms. The SMILES string of the molecule is CN(C)c1cc(N[C@H]2CC[C@@H](N(C(N)=O)c3ccc(Br)cc3CN)CC2)nc2ccccc12. The summed E-state index contributed by atoms with van der Waals surface area (Å²) in [5, 5.41) is 4.77. The van der Waals surface area contributed by atoms with Gasteiger partial charge in [0, 0.05) is 54.3 Å². The van der Waals surface area contributed by atoms with E-state index in [2.05, 4.69) is 38.3 Å². The van der Waals surface area contributed by atoms with Gasteiger partial charge in [0.1, 0.15) is 5.82 Å². The van der Waals surface area contributed by atoms with Crippen LogP contribution in [0.3, 0.4) is 0 Å². The van der Waals surface area contributed by atoms with Gasteiger partial charge in [-0.15, -0.1) is 0 Å². The van der Waals surface area contributed by atoms with Gasteiger partial charge < -0.3 is 21.7 Å². The lowest BCUT2D eigenvalue weighted by Crippen LogP contribution is -2.47. The predicted octanol–water partition coefficient (Wildman–Crippen LogP) is 4.83. The van der Waals surface area contributed by atoms with E-state index in [-0.39, 0.29) is 6.04 Å². The number of halogens is 1. The lowest BCUT2D eigenvalue weighted by Gasteiger charge is -2.37. The van der Waals surface area contributed by atoms with E-state index >= 15 is 0 Å². The molecule has 0 aliphatic heterocycles. The molecule has 0 bridgehead atoms. The van der Waals surface area contributed by atoms with E-state index in [9.17, 15) is 4.79 Å². The summed E-state index contributed by atoms with van der Waals surface area (Å²) in [4.78, 5) is 21.1. The normalized spacial score (nSPS) is 18.2. The summed E-state index contributed by atoms with van der Waals surface area (Å²) in [6.45, 7) is 0.345. The minimum Gasteiger partial charge on any atom is -0.377 e. The van der Waals surface area contributed by atoms with Gasteiger partial charge in [0.25, 0.3) is 0 Å². The number of anilines is 3. The van der Waals surface area contributed by atoms with Crippen molar-refractivity contribution in [3.8, 4) is 0 Å². The Morgan fingerprint density at radius 3 is 2.48 bits per heavy atom. The molecule has 2 amide bonds. The number of carbonyl (C=O) groups excluding carboxylic acids is 1. The van der Waals surface area contributed by atoms with Crippen molar-refractivity contribution in [3.05, 3.63) is 58.6 Å². The van der Waals surface area contributed by atoms with Crippen molar-refractivity contribution in [2.24, 2.45) is 11.5 Å². The molecule has 4 rings (SSSR count). The Labute approximate surface area is 203 Å². The zero-order chi connectivity index (χ0) is 23.5. The van der Waals surface area contributed by atoms with Gasteiger partial charge >= 0.3 is 6.03 Å². The van der Waals surface area contributed by atoms with Crippen molar-refractivity contribution in [3.63, 3.8) is 0 Å². The third kappa shape index (κ3) is 5.07. The molecule has 1 fully saturated rings. The standard InChI is InChI=1S/C25H31BrN6O/c1-31(2)23-14-24(30-21-6-4-3-5-20(21)23)29-18-8-10-19(11-9-18)32(25(28)33)22-12-7-17(26)13-16(22)15-27/h3-7,12-14,18-19H,8-11,15,27H2,1-2H3,(H2,28,33)(H,29,30)/t18-,19+. The highest BCUT2D eigenvalue weighted by Gasteiger charge is 2.30. The van der Waals surface area contributed by atoms with E-state index in [0.29, 0.717) is 12.6 Å². The van der Waals surface area contributed by atoms with E-state index in [1.165, 1.54) is 0 Å². The molecule has 1 aliphatic carbocycles. The van der Waals surface area contributed by atoms with Crippen LogP contribution in [0.15, 0.2) is 53.0 Å². The average Bonchev–Trinajstić information content (AvgIpc) is 2.80. The number of aromatic nitrogens is 1. The van der Waals surface area contributed by atoms with Crippen LogP contribution in [-0.4, -0.2) is 37.2 Å². The quantitative estimate of drug-likeness (QED) is 0.440. The van der Waals surface area contributed by atoms with Crippen molar-refractivity contribution >= 4 is 50.1 Å². The van der Waals surface area contributed by atoms with E-state index in [1.54, 1.807) is 4.90 Å². The fourth-order valence-corrected chi connectivity index (χ4v) is 5.14. The second kappa shape index (κ2) is 9.97. The fourth-order valence-electron chi connectivity index (χ4n) is 4.74. The first-order valence-electron chi connectivity index (χ1n) is 11.3. The van der Waals surface area contributed by atoms with Crippen LogP contribution in [0.4, 0.5) is 22.0 Å². The molecule has 2 aromatic carbocycles. The van der Waals surface area contributed by atoms with E-state index in [1.807, 2.05) is 50.5 Å². The minimum absolute atomic E-state index is 0.0499. The molecule has 3 aromatic rings. The topological polar surface area (TPSA) is 101 Å². The van der Waals surface area contributed by atoms with Gasteiger partial charge in [0.15, 0.2) is 0 Å². The van der Waals surface area contributed by atoms with Crippen LogP contribution in [0.2, 0.25) is 0 Å². The Balaban J connectivity index is 1.49. The molecular weight excluding hydrogens is 480 g/mol. The zero-order valence-electron chi connectivity index (χ0n) is 19.1. The zero-order valence-corrected chi connectivity index (χ0v) is 20.7. The summed E-state index contributed by atoms with van der Waals surface area (Å²) in [6.07, 6.45) is 3.56. The number of rotatable bonds is 6. The van der Waals surface area contributed by atoms with Crippen molar-refractivity contribution in [2.45, 2.75) is 44.3 Å². The number of hydrogen-bond acceptors (Lipinski definition) is 5. The van der Waals surface area contributed by atoms with Crippen molar-refractivity contribution in [1.82, 2.24) is 4.98 Å². The first-order chi connectivity index (χ1) is 15.9. The number of nitrogens with two attached hydrogens (primary N) is 2. The number of primary amides is 1. The first kappa shape index (κ1) is 23.3. The maximum Gasteiger partial charge on any atom is 0.319 e. The first-order valence-corrected chi connectivity index (χ1v) is 12.1. The number of para-hydroxylation sites is 1. The summed E-state index contributed by atoms with van der Waals surface area (Å²) in [7, 11) is 4.10. The number of nitrogens with zero attached hydrogens (tertiary/aromatic N) is 3. The second-order valence-corrected chi connectivity index (χ2v) is 9.69. The van der Waals surface area contributed by atoms with Gasteiger partial charge in [-0.05, 0) is 55.5 Å². The Morgan fingerprint density at radius 2 is 1.82 bits per heavy atom. The number of amides is 2. The number of carbonyl (C=O) groups is 1. The fraction of sp³-hybridized carbons (Fsp3) is 0.360. The molecule has 1 heterocycles. The Hall–Kier alpha value is -2.84. The largest absolute Gasteiger partial charge is 0.377 e. The molecular formula is C25H31BrN6O. The van der Waals surface area contributed by atoms with Crippen molar-refractivity contribution in [1.29, 1.82) is 0 Å². The third-order valence-electron chi connectivity index (χ3n) is 6.35. The summed E-state index contributed by atoms with van der Waals surface area (Å²) in [5.74, 6) is 0.880. The van der Waals surface area contributed by atoms with E-state index in [0.717, 1.165) is 63.8 Å². The highest BCUT2D eigenvalue weighted by atomic mass is 79.9. The average molecular weight is 511 g/mol. The lowest BCUT2D eigenvalue weighted by molar-refractivity contribution is 0.248. The van der Waals surface area contributed by atoms with Crippen LogP contribution in [0.25, 0.3) is 10.9 Å². The summed E-state index contributed by atoms with van der Waals surface area (Å²) in [5.41, 5.74) is 15.6. The number of pyridine rings is 1. The van der Waals surface area contributed by atoms with Crippen LogP contribution >= 0.6 is 15.9 Å². The van der Waals surface area contributed by atoms with Crippen molar-refractivity contribution in [2.75, 3.05) is 29.2 Å². The van der Waals surface area contributed by atoms with Crippen LogP contribution in [0.1, 0.15) is 31.2 Å². The maximum atomic E-state index is 12.4. The Bertz CT molecular complexity index is 1140. The van der Waals surface area contributed by atoms with Crippen molar-refractivity contribution < 1.29 is 4.79 Å². The van der Waals surface area contributed by atoms with Crippen LogP contribution in [0, 0.1) is 0 Å². The van der Waals surface area contributed by atoms with Gasteiger partial charge in [-0.2, -0.15) is 0 Å². The molecule has 7 nitrogen and oxygen atoms in total. The molecule has 0 radical (unpaired) electrons. The highest BCUT2D eigenvalue weighted by Crippen LogP contribution is 2.33. The van der Waals surface area contributed by atoms with Crippen LogP contribution in [0.5, 0.6) is 0 Å².